The number of fused-ring (bicyclic) bond motifs is 1. The number of benzene rings is 1. The second-order valence-corrected chi connectivity index (χ2v) is 7.53. The Morgan fingerprint density at radius 1 is 1.41 bits per heavy atom. The molecule has 1 fully saturated rings. The molecule has 0 radical (unpaired) electrons. The number of aromatic nitrogens is 1. The van der Waals surface area contributed by atoms with Gasteiger partial charge in [0.15, 0.2) is 5.13 Å². The average molecular weight is 402 g/mol. The third-order valence-corrected chi connectivity index (χ3v) is 5.80. The van der Waals surface area contributed by atoms with Crippen molar-refractivity contribution in [3.8, 4) is 0 Å². The summed E-state index contributed by atoms with van der Waals surface area (Å²) in [5.41, 5.74) is -2.88. The zero-order valence-electron chi connectivity index (χ0n) is 14.5. The third kappa shape index (κ3) is 3.74. The molecule has 1 saturated heterocycles. The molecule has 1 aliphatic heterocycles. The molecule has 2 unspecified atom stereocenters. The van der Waals surface area contributed by atoms with E-state index in [4.69, 9.17) is 0 Å². The van der Waals surface area contributed by atoms with Gasteiger partial charge in [-0.25, -0.2) is 0 Å². The largest absolute Gasteiger partial charge is 0.416 e. The number of nitrogens with zero attached hydrogens (tertiary/aromatic N) is 3. The van der Waals surface area contributed by atoms with Gasteiger partial charge in [-0.05, 0) is 31.9 Å². The number of anilines is 1. The molecule has 3 rings (SSSR count). The van der Waals surface area contributed by atoms with E-state index in [0.717, 1.165) is 24.2 Å². The minimum absolute atomic E-state index is 0.100. The minimum Gasteiger partial charge on any atom is -0.332 e. The van der Waals surface area contributed by atoms with Gasteiger partial charge in [-0.15, -0.1) is 0 Å². The lowest BCUT2D eigenvalue weighted by Crippen LogP contribution is -2.49. The molecule has 2 aromatic rings. The third-order valence-electron chi connectivity index (χ3n) is 4.66. The van der Waals surface area contributed by atoms with Gasteiger partial charge in [0.2, 0.25) is 0 Å². The Balaban J connectivity index is 2.20. The number of nitrogens with one attached hydrogen (secondary N) is 1. The lowest BCUT2D eigenvalue weighted by Gasteiger charge is -2.38. The van der Waals surface area contributed by atoms with Crippen LogP contribution in [-0.2, 0) is 6.18 Å². The van der Waals surface area contributed by atoms with Crippen molar-refractivity contribution in [2.24, 2.45) is 5.92 Å². The maximum absolute atomic E-state index is 13.0. The van der Waals surface area contributed by atoms with E-state index in [0.29, 0.717) is 24.6 Å². The first-order chi connectivity index (χ1) is 12.6. The number of piperidine rings is 1. The predicted octanol–water partition coefficient (Wildman–Crippen LogP) is 3.37. The van der Waals surface area contributed by atoms with Crippen LogP contribution in [0.25, 0.3) is 10.1 Å². The quantitative estimate of drug-likeness (QED) is 0.626. The number of halogens is 3. The summed E-state index contributed by atoms with van der Waals surface area (Å²) >= 11 is 0.868. The Morgan fingerprint density at radius 2 is 2.11 bits per heavy atom. The number of hydrogen-bond acceptors (Lipinski definition) is 7. The molecule has 1 aromatic carbocycles. The van der Waals surface area contributed by atoms with E-state index in [1.807, 2.05) is 4.90 Å². The lowest BCUT2D eigenvalue weighted by molar-refractivity contribution is -0.383. The summed E-state index contributed by atoms with van der Waals surface area (Å²) in [4.78, 5) is 28.6. The van der Waals surface area contributed by atoms with Gasteiger partial charge in [-0.2, -0.15) is 18.2 Å². The number of non-ortho nitro benzene ring substituents is 1. The molecule has 0 bridgehead atoms. The van der Waals surface area contributed by atoms with Gasteiger partial charge in [-0.1, -0.05) is 18.3 Å². The topological polar surface area (TPSA) is 88.4 Å². The summed E-state index contributed by atoms with van der Waals surface area (Å²) < 4.78 is 39.0. The van der Waals surface area contributed by atoms with Crippen LogP contribution in [0.2, 0.25) is 0 Å². The van der Waals surface area contributed by atoms with E-state index >= 15 is 0 Å². The number of nitro benzene ring substituents is 1. The fraction of sp³-hybridized carbons (Fsp3) is 0.500. The molecule has 2 heterocycles. The molecule has 7 nitrogen and oxygen atoms in total. The summed E-state index contributed by atoms with van der Waals surface area (Å²) in [6.45, 7) is 2.69. The number of rotatable bonds is 3. The highest BCUT2D eigenvalue weighted by Gasteiger charge is 2.35. The number of alkyl halides is 3. The second-order valence-electron chi connectivity index (χ2n) is 6.56. The highest BCUT2D eigenvalue weighted by molar-refractivity contribution is 7.22. The zero-order chi connectivity index (χ0) is 19.9. The fourth-order valence-corrected chi connectivity index (χ4v) is 4.35. The van der Waals surface area contributed by atoms with E-state index in [1.165, 1.54) is 0 Å². The molecule has 1 aromatic heterocycles. The van der Waals surface area contributed by atoms with Crippen LogP contribution in [0.5, 0.6) is 0 Å². The Morgan fingerprint density at radius 3 is 2.70 bits per heavy atom. The first kappa shape index (κ1) is 19.5. The van der Waals surface area contributed by atoms with Crippen LogP contribution in [-0.4, -0.2) is 29.7 Å². The predicted molar refractivity (Wildman–Crippen MR) is 96.1 cm³/mol. The summed E-state index contributed by atoms with van der Waals surface area (Å²) in [6.07, 6.45) is -3.25. The van der Waals surface area contributed by atoms with E-state index in [9.17, 15) is 28.1 Å². The monoisotopic (exact) mass is 402 g/mol. The zero-order valence-corrected chi connectivity index (χ0v) is 15.4. The first-order valence-corrected chi connectivity index (χ1v) is 9.08. The highest BCUT2D eigenvalue weighted by atomic mass is 32.1. The molecule has 0 spiro atoms. The van der Waals surface area contributed by atoms with Gasteiger partial charge < -0.3 is 10.2 Å². The van der Waals surface area contributed by atoms with E-state index in [2.05, 4.69) is 17.2 Å². The smallest absolute Gasteiger partial charge is 0.332 e. The SMILES string of the molecule is CNC1CC(C)CCN1c1nc(=O)c2cc(C(F)(F)F)cc([N+](=O)[O-])c2s1. The molecule has 2 atom stereocenters. The Bertz CT molecular complexity index is 947. The van der Waals surface area contributed by atoms with Crippen molar-refractivity contribution in [3.63, 3.8) is 0 Å². The van der Waals surface area contributed by atoms with Crippen LogP contribution in [0, 0.1) is 16.0 Å². The van der Waals surface area contributed by atoms with E-state index in [1.54, 1.807) is 7.05 Å². The van der Waals surface area contributed by atoms with Crippen molar-refractivity contribution in [3.05, 3.63) is 38.2 Å². The fourth-order valence-electron chi connectivity index (χ4n) is 3.21. The van der Waals surface area contributed by atoms with E-state index in [-0.39, 0.29) is 16.0 Å². The highest BCUT2D eigenvalue weighted by Crippen LogP contribution is 2.39. The van der Waals surface area contributed by atoms with Crippen molar-refractivity contribution in [1.29, 1.82) is 0 Å². The van der Waals surface area contributed by atoms with Crippen molar-refractivity contribution in [2.75, 3.05) is 18.5 Å². The van der Waals surface area contributed by atoms with Crippen molar-refractivity contribution in [1.82, 2.24) is 10.3 Å². The molecule has 1 aliphatic rings. The van der Waals surface area contributed by atoms with Gasteiger partial charge in [0.05, 0.1) is 22.0 Å². The van der Waals surface area contributed by atoms with Crippen LogP contribution in [0.1, 0.15) is 25.3 Å². The summed E-state index contributed by atoms with van der Waals surface area (Å²) in [6, 6.07) is 1.10. The Labute approximate surface area is 156 Å². The molecular formula is C16H17F3N4O3S. The summed E-state index contributed by atoms with van der Waals surface area (Å²) in [5, 5.41) is 14.4. The Kier molecular flexibility index (Phi) is 5.08. The maximum atomic E-state index is 13.0. The molecule has 146 valence electrons. The second kappa shape index (κ2) is 7.04. The van der Waals surface area contributed by atoms with Crippen LogP contribution < -0.4 is 15.8 Å². The summed E-state index contributed by atoms with van der Waals surface area (Å²) in [7, 11) is 1.76. The van der Waals surface area contributed by atoms with Gasteiger partial charge in [0.1, 0.15) is 4.70 Å². The van der Waals surface area contributed by atoms with Crippen LogP contribution >= 0.6 is 11.3 Å². The van der Waals surface area contributed by atoms with Crippen molar-refractivity contribution < 1.29 is 18.1 Å². The molecular weight excluding hydrogens is 385 g/mol. The van der Waals surface area contributed by atoms with E-state index < -0.39 is 33.3 Å². The van der Waals surface area contributed by atoms with Crippen LogP contribution in [0.15, 0.2) is 16.9 Å². The van der Waals surface area contributed by atoms with Gasteiger partial charge in [0.25, 0.3) is 11.2 Å². The van der Waals surface area contributed by atoms with Gasteiger partial charge in [-0.3, -0.25) is 14.9 Å². The van der Waals surface area contributed by atoms with Crippen LogP contribution in [0.4, 0.5) is 24.0 Å². The normalized spacial score (nSPS) is 20.9. The van der Waals surface area contributed by atoms with Crippen molar-refractivity contribution >= 4 is 32.2 Å². The lowest BCUT2D eigenvalue weighted by atomic mass is 9.97. The van der Waals surface area contributed by atoms with Crippen LogP contribution in [0.3, 0.4) is 0 Å². The van der Waals surface area contributed by atoms with Gasteiger partial charge >= 0.3 is 6.18 Å². The average Bonchev–Trinajstić information content (AvgIpc) is 2.59. The number of hydrogen-bond donors (Lipinski definition) is 1. The molecule has 0 amide bonds. The first-order valence-electron chi connectivity index (χ1n) is 8.26. The number of nitro groups is 1. The molecule has 1 N–H and O–H groups in total. The Hall–Kier alpha value is -2.27. The van der Waals surface area contributed by atoms with Gasteiger partial charge in [0, 0.05) is 12.6 Å². The molecule has 27 heavy (non-hydrogen) atoms. The molecule has 0 saturated carbocycles. The standard InChI is InChI=1S/C16H17F3N4O3S/c1-8-3-4-22(12(5-8)20-2)15-21-14(24)10-6-9(16(17,18)19)7-11(23(25)26)13(10)27-15/h6-8,12,20H,3-5H2,1-2H3. The summed E-state index contributed by atoms with van der Waals surface area (Å²) in [5.74, 6) is 0.458. The molecule has 11 heteroatoms. The maximum Gasteiger partial charge on any atom is 0.416 e. The molecule has 0 aliphatic carbocycles. The minimum atomic E-state index is -4.80. The van der Waals surface area contributed by atoms with Crippen molar-refractivity contribution in [2.45, 2.75) is 32.1 Å².